The van der Waals surface area contributed by atoms with Gasteiger partial charge in [0.1, 0.15) is 17.4 Å². The zero-order valence-corrected chi connectivity index (χ0v) is 15.6. The lowest BCUT2D eigenvalue weighted by atomic mass is 10.1. The van der Waals surface area contributed by atoms with Crippen LogP contribution in [0.15, 0.2) is 54.1 Å². The molecule has 0 atom stereocenters. The molecule has 0 aliphatic carbocycles. The number of nitrogens with zero attached hydrogens (tertiary/aromatic N) is 1. The number of halogens is 2. The molecular weight excluding hydrogens is 389 g/mol. The highest BCUT2D eigenvalue weighted by atomic mass is 35.5. The summed E-state index contributed by atoms with van der Waals surface area (Å²) in [7, 11) is 1.19. The molecule has 0 aliphatic rings. The van der Waals surface area contributed by atoms with Gasteiger partial charge < -0.3 is 9.47 Å². The Balaban J connectivity index is 2.12. The Morgan fingerprint density at radius 3 is 2.59 bits per heavy atom. The van der Waals surface area contributed by atoms with Crippen molar-refractivity contribution >= 4 is 47.3 Å². The lowest BCUT2D eigenvalue weighted by molar-refractivity contribution is -0.135. The summed E-state index contributed by atoms with van der Waals surface area (Å²) in [6, 6.07) is 13.0. The van der Waals surface area contributed by atoms with E-state index in [1.54, 1.807) is 42.5 Å². The van der Waals surface area contributed by atoms with E-state index in [0.717, 1.165) is 0 Å². The fraction of sp³-hybridized carbons (Fsp3) is 0.0500. The van der Waals surface area contributed by atoms with Gasteiger partial charge in [-0.15, -0.1) is 0 Å². The van der Waals surface area contributed by atoms with Crippen molar-refractivity contribution in [2.75, 3.05) is 7.11 Å². The predicted octanol–water partition coefficient (Wildman–Crippen LogP) is 4.69. The summed E-state index contributed by atoms with van der Waals surface area (Å²) in [5.74, 6) is -1.11. The summed E-state index contributed by atoms with van der Waals surface area (Å²) >= 11 is 11.9. The average molecular weight is 402 g/mol. The number of ether oxygens (including phenoxy) is 2. The number of nitriles is 1. The summed E-state index contributed by atoms with van der Waals surface area (Å²) in [5.41, 5.74) is 0.955. The minimum atomic E-state index is -0.748. The predicted molar refractivity (Wildman–Crippen MR) is 103 cm³/mol. The zero-order chi connectivity index (χ0) is 19.8. The van der Waals surface area contributed by atoms with Crippen molar-refractivity contribution in [3.8, 4) is 11.8 Å². The SMILES string of the molecule is COC(=O)/C(C#N)=C/c1cccc(OC(=O)/C=C/c2ccc(Cl)cc2Cl)c1. The second-order valence-corrected chi connectivity index (χ2v) is 6.00. The molecule has 0 aliphatic heterocycles. The van der Waals surface area contributed by atoms with Gasteiger partial charge in [-0.25, -0.2) is 9.59 Å². The quantitative estimate of drug-likeness (QED) is 0.314. The molecule has 0 unspecified atom stereocenters. The van der Waals surface area contributed by atoms with Gasteiger partial charge in [0, 0.05) is 16.1 Å². The van der Waals surface area contributed by atoms with Crippen molar-refractivity contribution in [3.63, 3.8) is 0 Å². The molecule has 0 amide bonds. The Morgan fingerprint density at radius 1 is 1.15 bits per heavy atom. The van der Waals surface area contributed by atoms with Gasteiger partial charge in [-0.1, -0.05) is 41.4 Å². The topological polar surface area (TPSA) is 76.4 Å². The molecule has 7 heteroatoms. The van der Waals surface area contributed by atoms with Crippen molar-refractivity contribution in [1.29, 1.82) is 5.26 Å². The van der Waals surface area contributed by atoms with E-state index in [4.69, 9.17) is 33.2 Å². The second kappa shape index (κ2) is 9.58. The van der Waals surface area contributed by atoms with Crippen LogP contribution in [0.25, 0.3) is 12.2 Å². The van der Waals surface area contributed by atoms with E-state index in [0.29, 0.717) is 21.2 Å². The molecule has 0 N–H and O–H groups in total. The summed E-state index contributed by atoms with van der Waals surface area (Å²) in [5, 5.41) is 9.89. The van der Waals surface area contributed by atoms with E-state index < -0.39 is 11.9 Å². The summed E-state index contributed by atoms with van der Waals surface area (Å²) in [4.78, 5) is 23.4. The average Bonchev–Trinajstić information content (AvgIpc) is 2.65. The van der Waals surface area contributed by atoms with Crippen molar-refractivity contribution in [2.24, 2.45) is 0 Å². The van der Waals surface area contributed by atoms with Gasteiger partial charge in [-0.2, -0.15) is 5.26 Å². The number of esters is 2. The van der Waals surface area contributed by atoms with Gasteiger partial charge in [0.15, 0.2) is 0 Å². The minimum absolute atomic E-state index is 0.168. The number of methoxy groups -OCH3 is 1. The Hall–Kier alpha value is -3.07. The number of hydrogen-bond donors (Lipinski definition) is 0. The standard InChI is InChI=1S/C20H13Cl2NO4/c1-26-20(25)15(12-23)9-13-3-2-4-17(10-13)27-19(24)8-6-14-5-7-16(21)11-18(14)22/h2-11H,1H3/b8-6+,15-9+. The zero-order valence-electron chi connectivity index (χ0n) is 14.1. The number of carbonyl (C=O) groups excluding carboxylic acids is 2. The van der Waals surface area contributed by atoms with Gasteiger partial charge in [0.2, 0.25) is 0 Å². The third kappa shape index (κ3) is 6.00. The van der Waals surface area contributed by atoms with Crippen LogP contribution in [0.2, 0.25) is 10.0 Å². The van der Waals surface area contributed by atoms with E-state index in [1.165, 1.54) is 31.4 Å². The van der Waals surface area contributed by atoms with Gasteiger partial charge in [-0.3, -0.25) is 0 Å². The molecule has 2 aromatic rings. The number of hydrogen-bond acceptors (Lipinski definition) is 5. The van der Waals surface area contributed by atoms with Crippen LogP contribution in [0.1, 0.15) is 11.1 Å². The molecule has 27 heavy (non-hydrogen) atoms. The van der Waals surface area contributed by atoms with Crippen molar-refractivity contribution in [2.45, 2.75) is 0 Å². The monoisotopic (exact) mass is 401 g/mol. The number of rotatable bonds is 5. The van der Waals surface area contributed by atoms with Crippen molar-refractivity contribution in [1.82, 2.24) is 0 Å². The molecule has 2 rings (SSSR count). The molecule has 0 saturated heterocycles. The molecule has 136 valence electrons. The van der Waals surface area contributed by atoms with E-state index in [9.17, 15) is 9.59 Å². The molecule has 0 bridgehead atoms. The van der Waals surface area contributed by atoms with Crippen LogP contribution in [-0.4, -0.2) is 19.0 Å². The van der Waals surface area contributed by atoms with Gasteiger partial charge >= 0.3 is 11.9 Å². The third-order valence-electron chi connectivity index (χ3n) is 3.27. The first-order valence-electron chi connectivity index (χ1n) is 7.58. The largest absolute Gasteiger partial charge is 0.465 e. The molecule has 0 radical (unpaired) electrons. The van der Waals surface area contributed by atoms with Gasteiger partial charge in [0.05, 0.1) is 7.11 Å². The Labute approximate surface area is 166 Å². The van der Waals surface area contributed by atoms with Gasteiger partial charge in [0.25, 0.3) is 0 Å². The number of carbonyl (C=O) groups is 2. The third-order valence-corrected chi connectivity index (χ3v) is 3.84. The van der Waals surface area contributed by atoms with E-state index in [-0.39, 0.29) is 11.3 Å². The van der Waals surface area contributed by atoms with E-state index in [1.807, 2.05) is 0 Å². The molecular formula is C20H13Cl2NO4. The summed E-state index contributed by atoms with van der Waals surface area (Å²) in [6.45, 7) is 0. The molecule has 0 spiro atoms. The Bertz CT molecular complexity index is 974. The van der Waals surface area contributed by atoms with Crippen LogP contribution >= 0.6 is 23.2 Å². The van der Waals surface area contributed by atoms with Crippen LogP contribution < -0.4 is 4.74 Å². The van der Waals surface area contributed by atoms with E-state index in [2.05, 4.69) is 4.74 Å². The van der Waals surface area contributed by atoms with Crippen molar-refractivity contribution in [3.05, 3.63) is 75.3 Å². The fourth-order valence-electron chi connectivity index (χ4n) is 2.03. The van der Waals surface area contributed by atoms with Crippen LogP contribution in [0.5, 0.6) is 5.75 Å². The highest BCUT2D eigenvalue weighted by Crippen LogP contribution is 2.22. The Morgan fingerprint density at radius 2 is 1.93 bits per heavy atom. The van der Waals surface area contributed by atoms with Crippen LogP contribution in [0, 0.1) is 11.3 Å². The molecule has 2 aromatic carbocycles. The molecule has 0 aromatic heterocycles. The smallest absolute Gasteiger partial charge is 0.348 e. The fourth-order valence-corrected chi connectivity index (χ4v) is 2.50. The second-order valence-electron chi connectivity index (χ2n) is 5.15. The normalized spacial score (nSPS) is 11.1. The maximum Gasteiger partial charge on any atom is 0.348 e. The van der Waals surface area contributed by atoms with Crippen LogP contribution in [0.4, 0.5) is 0 Å². The van der Waals surface area contributed by atoms with Crippen LogP contribution in [0.3, 0.4) is 0 Å². The summed E-state index contributed by atoms with van der Waals surface area (Å²) < 4.78 is 9.74. The molecule has 0 saturated carbocycles. The highest BCUT2D eigenvalue weighted by Gasteiger charge is 2.09. The Kier molecular flexibility index (Phi) is 7.18. The van der Waals surface area contributed by atoms with E-state index >= 15 is 0 Å². The maximum absolute atomic E-state index is 12.0. The molecule has 0 fully saturated rings. The first-order chi connectivity index (χ1) is 12.9. The maximum atomic E-state index is 12.0. The first-order valence-corrected chi connectivity index (χ1v) is 8.33. The van der Waals surface area contributed by atoms with Gasteiger partial charge in [-0.05, 0) is 47.5 Å². The minimum Gasteiger partial charge on any atom is -0.465 e. The molecule has 5 nitrogen and oxygen atoms in total. The summed E-state index contributed by atoms with van der Waals surface area (Å²) in [6.07, 6.45) is 4.08. The number of benzene rings is 2. The van der Waals surface area contributed by atoms with Crippen LogP contribution in [-0.2, 0) is 14.3 Å². The lowest BCUT2D eigenvalue weighted by Gasteiger charge is -2.03. The first kappa shape index (κ1) is 20.2. The molecule has 0 heterocycles. The van der Waals surface area contributed by atoms with Crippen molar-refractivity contribution < 1.29 is 19.1 Å². The lowest BCUT2D eigenvalue weighted by Crippen LogP contribution is -2.04. The highest BCUT2D eigenvalue weighted by molar-refractivity contribution is 6.35.